The quantitative estimate of drug-likeness (QED) is 0.908. The molecule has 92 valence electrons. The van der Waals surface area contributed by atoms with E-state index < -0.39 is 5.97 Å². The number of rotatable bonds is 3. The minimum atomic E-state index is -0.994. The molecule has 2 rings (SSSR count). The summed E-state index contributed by atoms with van der Waals surface area (Å²) in [4.78, 5) is 11.0. The summed E-state index contributed by atoms with van der Waals surface area (Å²) >= 11 is 5.84. The highest BCUT2D eigenvalue weighted by Gasteiger charge is 2.09. The lowest BCUT2D eigenvalue weighted by Gasteiger charge is -2.05. The highest BCUT2D eigenvalue weighted by molar-refractivity contribution is 6.33. The van der Waals surface area contributed by atoms with Crippen molar-refractivity contribution in [2.45, 2.75) is 13.3 Å². The summed E-state index contributed by atoms with van der Waals surface area (Å²) in [6, 6.07) is 13.3. The van der Waals surface area contributed by atoms with Gasteiger partial charge in [0, 0.05) is 0 Å². The largest absolute Gasteiger partial charge is 0.478 e. The monoisotopic (exact) mass is 260 g/mol. The van der Waals surface area contributed by atoms with Gasteiger partial charge in [-0.15, -0.1) is 0 Å². The van der Waals surface area contributed by atoms with Crippen LogP contribution in [0.1, 0.15) is 27.0 Å². The number of aromatic carboxylic acids is 1. The SMILES string of the molecule is Cc1cccc(Cc2ccc(Cl)c(C(=O)O)c2)c1. The molecule has 0 aliphatic heterocycles. The topological polar surface area (TPSA) is 37.3 Å². The molecule has 0 bridgehead atoms. The van der Waals surface area contributed by atoms with Gasteiger partial charge in [-0.25, -0.2) is 4.79 Å². The van der Waals surface area contributed by atoms with Crippen molar-refractivity contribution in [2.75, 3.05) is 0 Å². The Morgan fingerprint density at radius 1 is 1.17 bits per heavy atom. The second kappa shape index (κ2) is 5.23. The fourth-order valence-corrected chi connectivity index (χ4v) is 2.10. The van der Waals surface area contributed by atoms with Gasteiger partial charge in [0.2, 0.25) is 0 Å². The predicted octanol–water partition coefficient (Wildman–Crippen LogP) is 3.94. The number of carbonyl (C=O) groups is 1. The van der Waals surface area contributed by atoms with Gasteiger partial charge in [0.15, 0.2) is 0 Å². The fraction of sp³-hybridized carbons (Fsp3) is 0.133. The fourth-order valence-electron chi connectivity index (χ4n) is 1.90. The Bertz CT molecular complexity index is 591. The van der Waals surface area contributed by atoms with Crippen molar-refractivity contribution in [3.63, 3.8) is 0 Å². The molecule has 2 aromatic carbocycles. The number of carboxylic acids is 1. The lowest BCUT2D eigenvalue weighted by molar-refractivity contribution is 0.0697. The van der Waals surface area contributed by atoms with Crippen LogP contribution in [0.4, 0.5) is 0 Å². The van der Waals surface area contributed by atoms with Crippen LogP contribution in [-0.2, 0) is 6.42 Å². The van der Waals surface area contributed by atoms with E-state index in [0.29, 0.717) is 6.42 Å². The van der Waals surface area contributed by atoms with Gasteiger partial charge < -0.3 is 5.11 Å². The van der Waals surface area contributed by atoms with Crippen LogP contribution in [0.15, 0.2) is 42.5 Å². The van der Waals surface area contributed by atoms with Crippen LogP contribution in [-0.4, -0.2) is 11.1 Å². The Morgan fingerprint density at radius 3 is 2.56 bits per heavy atom. The Hall–Kier alpha value is -1.80. The van der Waals surface area contributed by atoms with Crippen LogP contribution in [0, 0.1) is 6.92 Å². The first-order valence-electron chi connectivity index (χ1n) is 5.63. The summed E-state index contributed by atoms with van der Waals surface area (Å²) in [7, 11) is 0. The molecule has 2 aromatic rings. The van der Waals surface area contributed by atoms with E-state index in [1.165, 1.54) is 5.56 Å². The van der Waals surface area contributed by atoms with Gasteiger partial charge in [0.1, 0.15) is 0 Å². The second-order valence-corrected chi connectivity index (χ2v) is 4.69. The standard InChI is InChI=1S/C15H13ClO2/c1-10-3-2-4-11(7-10)8-12-5-6-14(16)13(9-12)15(17)18/h2-7,9H,8H2,1H3,(H,17,18). The summed E-state index contributed by atoms with van der Waals surface area (Å²) in [5.41, 5.74) is 3.46. The van der Waals surface area contributed by atoms with Gasteiger partial charge in [-0.2, -0.15) is 0 Å². The zero-order valence-electron chi connectivity index (χ0n) is 9.98. The highest BCUT2D eigenvalue weighted by atomic mass is 35.5. The maximum atomic E-state index is 11.0. The molecule has 0 saturated heterocycles. The van der Waals surface area contributed by atoms with Crippen molar-refractivity contribution in [1.82, 2.24) is 0 Å². The van der Waals surface area contributed by atoms with Crippen LogP contribution in [0.3, 0.4) is 0 Å². The maximum absolute atomic E-state index is 11.0. The normalized spacial score (nSPS) is 10.3. The molecular formula is C15H13ClO2. The van der Waals surface area contributed by atoms with Crippen molar-refractivity contribution in [1.29, 1.82) is 0 Å². The van der Waals surface area contributed by atoms with Crippen LogP contribution in [0.5, 0.6) is 0 Å². The Labute approximate surface area is 111 Å². The smallest absolute Gasteiger partial charge is 0.337 e. The molecule has 0 aromatic heterocycles. The molecule has 3 heteroatoms. The molecular weight excluding hydrogens is 248 g/mol. The van der Waals surface area contributed by atoms with E-state index in [9.17, 15) is 4.79 Å². The third-order valence-electron chi connectivity index (χ3n) is 2.75. The number of carboxylic acid groups (broad SMARTS) is 1. The zero-order valence-corrected chi connectivity index (χ0v) is 10.7. The van der Waals surface area contributed by atoms with Gasteiger partial charge >= 0.3 is 5.97 Å². The lowest BCUT2D eigenvalue weighted by Crippen LogP contribution is -1.99. The summed E-state index contributed by atoms with van der Waals surface area (Å²) in [5.74, 6) is -0.994. The van der Waals surface area contributed by atoms with Gasteiger partial charge in [-0.05, 0) is 36.6 Å². The van der Waals surface area contributed by atoms with E-state index in [2.05, 4.69) is 6.07 Å². The summed E-state index contributed by atoms with van der Waals surface area (Å²) in [6.07, 6.45) is 0.707. The van der Waals surface area contributed by atoms with Crippen molar-refractivity contribution in [2.24, 2.45) is 0 Å². The van der Waals surface area contributed by atoms with Crippen LogP contribution in [0.2, 0.25) is 5.02 Å². The first-order chi connectivity index (χ1) is 8.56. The summed E-state index contributed by atoms with van der Waals surface area (Å²) in [6.45, 7) is 2.04. The van der Waals surface area contributed by atoms with Gasteiger partial charge in [-0.1, -0.05) is 47.5 Å². The molecule has 0 saturated carbocycles. The van der Waals surface area contributed by atoms with E-state index in [-0.39, 0.29) is 10.6 Å². The van der Waals surface area contributed by atoms with Crippen LogP contribution >= 0.6 is 11.6 Å². The number of aryl methyl sites for hydroxylation is 1. The molecule has 0 aliphatic carbocycles. The molecule has 0 heterocycles. The maximum Gasteiger partial charge on any atom is 0.337 e. The number of hydrogen-bond donors (Lipinski definition) is 1. The van der Waals surface area contributed by atoms with E-state index in [1.54, 1.807) is 12.1 Å². The average molecular weight is 261 g/mol. The number of halogens is 1. The predicted molar refractivity (Wildman–Crippen MR) is 72.4 cm³/mol. The zero-order chi connectivity index (χ0) is 13.1. The Kier molecular flexibility index (Phi) is 3.68. The molecule has 0 unspecified atom stereocenters. The molecule has 0 spiro atoms. The van der Waals surface area contributed by atoms with Crippen molar-refractivity contribution < 1.29 is 9.90 Å². The first-order valence-corrected chi connectivity index (χ1v) is 6.01. The number of hydrogen-bond acceptors (Lipinski definition) is 1. The minimum Gasteiger partial charge on any atom is -0.478 e. The highest BCUT2D eigenvalue weighted by Crippen LogP contribution is 2.20. The van der Waals surface area contributed by atoms with Gasteiger partial charge in [-0.3, -0.25) is 0 Å². The third-order valence-corrected chi connectivity index (χ3v) is 3.08. The van der Waals surface area contributed by atoms with E-state index in [4.69, 9.17) is 16.7 Å². The minimum absolute atomic E-state index is 0.154. The molecule has 2 nitrogen and oxygen atoms in total. The van der Waals surface area contributed by atoms with Crippen molar-refractivity contribution in [3.8, 4) is 0 Å². The first kappa shape index (κ1) is 12.7. The molecule has 0 amide bonds. The van der Waals surface area contributed by atoms with Gasteiger partial charge in [0.05, 0.1) is 10.6 Å². The van der Waals surface area contributed by atoms with E-state index in [1.807, 2.05) is 31.2 Å². The second-order valence-electron chi connectivity index (χ2n) is 4.29. The molecule has 0 aliphatic rings. The van der Waals surface area contributed by atoms with E-state index >= 15 is 0 Å². The average Bonchev–Trinajstić information content (AvgIpc) is 2.31. The Balaban J connectivity index is 2.30. The van der Waals surface area contributed by atoms with Crippen LogP contribution in [0.25, 0.3) is 0 Å². The molecule has 0 radical (unpaired) electrons. The number of benzene rings is 2. The molecule has 0 fully saturated rings. The Morgan fingerprint density at radius 2 is 1.89 bits per heavy atom. The third kappa shape index (κ3) is 2.90. The summed E-state index contributed by atoms with van der Waals surface area (Å²) < 4.78 is 0. The van der Waals surface area contributed by atoms with Gasteiger partial charge in [0.25, 0.3) is 0 Å². The molecule has 1 N–H and O–H groups in total. The summed E-state index contributed by atoms with van der Waals surface area (Å²) in [5, 5.41) is 9.29. The van der Waals surface area contributed by atoms with E-state index in [0.717, 1.165) is 11.1 Å². The lowest BCUT2D eigenvalue weighted by atomic mass is 10.0. The molecule has 0 atom stereocenters. The van der Waals surface area contributed by atoms with Crippen LogP contribution < -0.4 is 0 Å². The van der Waals surface area contributed by atoms with Crippen molar-refractivity contribution in [3.05, 3.63) is 69.7 Å². The van der Waals surface area contributed by atoms with Crippen molar-refractivity contribution >= 4 is 17.6 Å². The molecule has 18 heavy (non-hydrogen) atoms.